The third-order valence-corrected chi connectivity index (χ3v) is 4.42. The zero-order valence-electron chi connectivity index (χ0n) is 11.5. The number of nitrogens with one attached hydrogen (secondary N) is 2. The van der Waals surface area contributed by atoms with Crippen LogP contribution < -0.4 is 10.6 Å². The second-order valence-electron chi connectivity index (χ2n) is 4.36. The summed E-state index contributed by atoms with van der Waals surface area (Å²) in [7, 11) is 0. The second kappa shape index (κ2) is 8.00. The number of thioether (sulfide) groups is 1. The van der Waals surface area contributed by atoms with E-state index in [0.29, 0.717) is 0 Å². The highest BCUT2D eigenvalue weighted by Gasteiger charge is 2.29. The van der Waals surface area contributed by atoms with E-state index in [2.05, 4.69) is 26.6 Å². The van der Waals surface area contributed by atoms with E-state index in [1.807, 2.05) is 24.3 Å². The molecule has 0 saturated carbocycles. The van der Waals surface area contributed by atoms with E-state index < -0.39 is 6.03 Å². The SMILES string of the molecule is O=C(N/C=C/c1ccccc1Br)NCCN1C(=O)CSC1=O. The predicted molar refractivity (Wildman–Crippen MR) is 89.3 cm³/mol. The van der Waals surface area contributed by atoms with Gasteiger partial charge in [0.25, 0.3) is 5.24 Å². The van der Waals surface area contributed by atoms with Gasteiger partial charge in [-0.1, -0.05) is 45.9 Å². The fraction of sp³-hybridized carbons (Fsp3) is 0.214. The highest BCUT2D eigenvalue weighted by molar-refractivity contribution is 9.10. The normalized spacial score (nSPS) is 14.7. The van der Waals surface area contributed by atoms with Crippen molar-refractivity contribution in [3.05, 3.63) is 40.5 Å². The molecule has 0 unspecified atom stereocenters. The van der Waals surface area contributed by atoms with E-state index >= 15 is 0 Å². The molecule has 1 heterocycles. The first-order chi connectivity index (χ1) is 10.6. The molecule has 1 fully saturated rings. The smallest absolute Gasteiger partial charge is 0.318 e. The van der Waals surface area contributed by atoms with Crippen molar-refractivity contribution in [1.29, 1.82) is 0 Å². The lowest BCUT2D eigenvalue weighted by molar-refractivity contribution is -0.124. The van der Waals surface area contributed by atoms with Crippen molar-refractivity contribution in [2.45, 2.75) is 0 Å². The van der Waals surface area contributed by atoms with Crippen LogP contribution in [0.4, 0.5) is 9.59 Å². The molecule has 1 aromatic carbocycles. The lowest BCUT2D eigenvalue weighted by Gasteiger charge is -2.12. The van der Waals surface area contributed by atoms with Crippen LogP contribution in [0.1, 0.15) is 5.56 Å². The van der Waals surface area contributed by atoms with Crippen molar-refractivity contribution in [3.63, 3.8) is 0 Å². The minimum absolute atomic E-state index is 0.180. The Labute approximate surface area is 140 Å². The van der Waals surface area contributed by atoms with E-state index in [1.54, 1.807) is 6.08 Å². The first kappa shape index (κ1) is 16.6. The summed E-state index contributed by atoms with van der Waals surface area (Å²) in [6, 6.07) is 7.22. The topological polar surface area (TPSA) is 78.5 Å². The second-order valence-corrected chi connectivity index (χ2v) is 6.14. The molecule has 6 nitrogen and oxygen atoms in total. The summed E-state index contributed by atoms with van der Waals surface area (Å²) in [6.45, 7) is 0.402. The van der Waals surface area contributed by atoms with Gasteiger partial charge in [0.05, 0.1) is 5.75 Å². The molecule has 0 bridgehead atoms. The molecule has 8 heteroatoms. The molecule has 4 amide bonds. The Morgan fingerprint density at radius 1 is 1.36 bits per heavy atom. The number of urea groups is 1. The van der Waals surface area contributed by atoms with Crippen LogP contribution in [0.3, 0.4) is 0 Å². The Bertz CT molecular complexity index is 605. The maximum atomic E-state index is 11.6. The van der Waals surface area contributed by atoms with Crippen LogP contribution in [0.15, 0.2) is 34.9 Å². The number of hydrogen-bond acceptors (Lipinski definition) is 4. The van der Waals surface area contributed by atoms with E-state index in [4.69, 9.17) is 0 Å². The maximum absolute atomic E-state index is 11.6. The maximum Gasteiger partial charge on any atom is 0.318 e. The average Bonchev–Trinajstić information content (AvgIpc) is 2.81. The standard InChI is InChI=1S/C14H14BrN3O3S/c15-11-4-2-1-3-10(11)5-6-16-13(20)17-7-8-18-12(19)9-22-14(18)21/h1-6H,7-9H2,(H2,16,17,20)/b6-5+. The number of benzene rings is 1. The quantitative estimate of drug-likeness (QED) is 0.818. The van der Waals surface area contributed by atoms with Crippen molar-refractivity contribution < 1.29 is 14.4 Å². The number of hydrogen-bond donors (Lipinski definition) is 2. The van der Waals surface area contributed by atoms with Crippen molar-refractivity contribution in [2.24, 2.45) is 0 Å². The average molecular weight is 384 g/mol. The summed E-state index contributed by atoms with van der Waals surface area (Å²) < 4.78 is 0.928. The van der Waals surface area contributed by atoms with E-state index in [1.165, 1.54) is 6.20 Å². The molecular formula is C14H14BrN3O3S. The summed E-state index contributed by atoms with van der Waals surface area (Å²) in [4.78, 5) is 35.4. The predicted octanol–water partition coefficient (Wildman–Crippen LogP) is 2.41. The van der Waals surface area contributed by atoms with Gasteiger partial charge in [0.15, 0.2) is 0 Å². The van der Waals surface area contributed by atoms with Crippen LogP contribution in [0.2, 0.25) is 0 Å². The number of nitrogens with zero attached hydrogens (tertiary/aromatic N) is 1. The van der Waals surface area contributed by atoms with Crippen LogP contribution in [0.5, 0.6) is 0 Å². The fourth-order valence-corrected chi connectivity index (χ4v) is 2.92. The van der Waals surface area contributed by atoms with Gasteiger partial charge in [-0.3, -0.25) is 14.5 Å². The lowest BCUT2D eigenvalue weighted by Crippen LogP contribution is -2.40. The Hall–Kier alpha value is -1.80. The van der Waals surface area contributed by atoms with Gasteiger partial charge in [-0.25, -0.2) is 4.79 Å². The van der Waals surface area contributed by atoms with Crippen molar-refractivity contribution in [3.8, 4) is 0 Å². The molecule has 0 spiro atoms. The number of carbonyl (C=O) groups is 3. The molecule has 22 heavy (non-hydrogen) atoms. The molecule has 1 saturated heterocycles. The molecule has 2 rings (SSSR count). The summed E-state index contributed by atoms with van der Waals surface area (Å²) in [5.74, 6) is -0.0364. The molecule has 116 valence electrons. The molecule has 0 aliphatic carbocycles. The van der Waals surface area contributed by atoms with E-state index in [0.717, 1.165) is 26.7 Å². The van der Waals surface area contributed by atoms with Gasteiger partial charge in [-0.05, 0) is 17.7 Å². The summed E-state index contributed by atoms with van der Waals surface area (Å²) >= 11 is 4.38. The summed E-state index contributed by atoms with van der Waals surface area (Å²) in [6.07, 6.45) is 3.28. The van der Waals surface area contributed by atoms with E-state index in [9.17, 15) is 14.4 Å². The third-order valence-electron chi connectivity index (χ3n) is 2.84. The number of rotatable bonds is 5. The zero-order valence-corrected chi connectivity index (χ0v) is 13.9. The molecular weight excluding hydrogens is 370 g/mol. The van der Waals surface area contributed by atoms with Crippen LogP contribution >= 0.6 is 27.7 Å². The molecule has 1 aliphatic heterocycles. The fourth-order valence-electron chi connectivity index (χ4n) is 1.75. The van der Waals surface area contributed by atoms with Gasteiger partial charge in [-0.2, -0.15) is 0 Å². The van der Waals surface area contributed by atoms with Crippen LogP contribution in [-0.2, 0) is 4.79 Å². The minimum atomic E-state index is -0.393. The highest BCUT2D eigenvalue weighted by Crippen LogP contribution is 2.18. The Balaban J connectivity index is 1.71. The lowest BCUT2D eigenvalue weighted by atomic mass is 10.2. The largest absolute Gasteiger partial charge is 0.336 e. The van der Waals surface area contributed by atoms with Gasteiger partial charge >= 0.3 is 6.03 Å². The van der Waals surface area contributed by atoms with Crippen molar-refractivity contribution in [2.75, 3.05) is 18.8 Å². The zero-order chi connectivity index (χ0) is 15.9. The summed E-state index contributed by atoms with van der Waals surface area (Å²) in [5.41, 5.74) is 0.938. The van der Waals surface area contributed by atoms with Crippen molar-refractivity contribution >= 4 is 50.9 Å². The van der Waals surface area contributed by atoms with Gasteiger partial charge in [0.1, 0.15) is 0 Å². The number of amides is 4. The first-order valence-corrected chi connectivity index (χ1v) is 8.28. The molecule has 2 N–H and O–H groups in total. The van der Waals surface area contributed by atoms with Gasteiger partial charge in [0.2, 0.25) is 5.91 Å². The third kappa shape index (κ3) is 4.60. The van der Waals surface area contributed by atoms with Gasteiger partial charge < -0.3 is 10.6 Å². The first-order valence-electron chi connectivity index (χ1n) is 6.50. The van der Waals surface area contributed by atoms with Gasteiger partial charge in [-0.15, -0.1) is 0 Å². The molecule has 1 aliphatic rings. The van der Waals surface area contributed by atoms with E-state index in [-0.39, 0.29) is 30.0 Å². The van der Waals surface area contributed by atoms with Crippen LogP contribution in [-0.4, -0.2) is 40.9 Å². The number of halogens is 1. The molecule has 0 atom stereocenters. The van der Waals surface area contributed by atoms with Crippen LogP contribution in [0, 0.1) is 0 Å². The Morgan fingerprint density at radius 3 is 2.82 bits per heavy atom. The molecule has 0 aromatic heterocycles. The van der Waals surface area contributed by atoms with Gasteiger partial charge in [0, 0.05) is 23.8 Å². The Kier molecular flexibility index (Phi) is 6.02. The molecule has 0 radical (unpaired) electrons. The monoisotopic (exact) mass is 383 g/mol. The minimum Gasteiger partial charge on any atom is -0.336 e. The molecule has 1 aromatic rings. The number of imide groups is 1. The highest BCUT2D eigenvalue weighted by atomic mass is 79.9. The van der Waals surface area contributed by atoms with Crippen molar-refractivity contribution in [1.82, 2.24) is 15.5 Å². The Morgan fingerprint density at radius 2 is 2.14 bits per heavy atom. The summed E-state index contributed by atoms with van der Waals surface area (Å²) in [5, 5.41) is 4.88. The van der Waals surface area contributed by atoms with Crippen LogP contribution in [0.25, 0.3) is 6.08 Å². The number of carbonyl (C=O) groups excluding carboxylic acids is 3.